The van der Waals surface area contributed by atoms with Gasteiger partial charge in [0.1, 0.15) is 17.1 Å². The number of hydrogen-bond donors (Lipinski definition) is 0. The zero-order valence-corrected chi connectivity index (χ0v) is 12.7. The summed E-state index contributed by atoms with van der Waals surface area (Å²) < 4.78 is 7.64. The maximum atomic E-state index is 6.07. The summed E-state index contributed by atoms with van der Waals surface area (Å²) in [6.07, 6.45) is 1.13. The fourth-order valence-electron chi connectivity index (χ4n) is 2.45. The van der Waals surface area contributed by atoms with Crippen LogP contribution in [0.4, 0.5) is 0 Å². The molecule has 0 spiro atoms. The lowest BCUT2D eigenvalue weighted by Gasteiger charge is -2.22. The summed E-state index contributed by atoms with van der Waals surface area (Å²) in [5, 5.41) is 0. The van der Waals surface area contributed by atoms with Gasteiger partial charge in [-0.05, 0) is 25.0 Å². The summed E-state index contributed by atoms with van der Waals surface area (Å²) in [6.45, 7) is 6.70. The smallest absolute Gasteiger partial charge is 0.146 e. The Morgan fingerprint density at radius 2 is 2.11 bits per heavy atom. The van der Waals surface area contributed by atoms with Crippen molar-refractivity contribution in [3.63, 3.8) is 0 Å². The summed E-state index contributed by atoms with van der Waals surface area (Å²) in [6, 6.07) is 6.39. The molecule has 3 nitrogen and oxygen atoms in total. The van der Waals surface area contributed by atoms with Crippen molar-refractivity contribution in [2.45, 2.75) is 39.1 Å². The van der Waals surface area contributed by atoms with Crippen LogP contribution in [-0.2, 0) is 5.88 Å². The van der Waals surface area contributed by atoms with Crippen LogP contribution in [-0.4, -0.2) is 16.7 Å². The number of ether oxygens (including phenoxy) is 1. The van der Waals surface area contributed by atoms with Crippen molar-refractivity contribution in [3.05, 3.63) is 24.0 Å². The molecule has 4 heteroatoms. The summed E-state index contributed by atoms with van der Waals surface area (Å²) >= 11 is 6.07. The lowest BCUT2D eigenvalue weighted by Crippen LogP contribution is -2.15. The number of aromatic nitrogens is 2. The second-order valence-corrected chi connectivity index (χ2v) is 5.25. The van der Waals surface area contributed by atoms with Crippen LogP contribution in [0, 0.1) is 5.92 Å². The normalized spacial score (nSPS) is 14.6. The number of fused-ring (bicyclic) bond motifs is 1. The highest BCUT2D eigenvalue weighted by atomic mass is 35.5. The van der Waals surface area contributed by atoms with Crippen molar-refractivity contribution in [1.82, 2.24) is 9.55 Å². The molecule has 2 rings (SSSR count). The van der Waals surface area contributed by atoms with Crippen LogP contribution in [0.2, 0.25) is 0 Å². The Morgan fingerprint density at radius 3 is 2.68 bits per heavy atom. The predicted octanol–water partition coefficient (Wildman–Crippen LogP) is 4.39. The highest BCUT2D eigenvalue weighted by Crippen LogP contribution is 2.32. The number of imidazole rings is 1. The van der Waals surface area contributed by atoms with E-state index in [1.165, 1.54) is 0 Å². The first-order chi connectivity index (χ1) is 9.13. The molecule has 0 saturated heterocycles. The zero-order valence-electron chi connectivity index (χ0n) is 12.0. The minimum Gasteiger partial charge on any atom is -0.494 e. The number of para-hydroxylation sites is 1. The average Bonchev–Trinajstić information content (AvgIpc) is 2.83. The van der Waals surface area contributed by atoms with Crippen LogP contribution < -0.4 is 4.74 Å². The SMILES string of the molecule is CCC(C)C(C)n1c(CCl)nc2c(OC)cccc21. The van der Waals surface area contributed by atoms with E-state index >= 15 is 0 Å². The van der Waals surface area contributed by atoms with Gasteiger partial charge in [-0.2, -0.15) is 0 Å². The standard InChI is InChI=1S/C15H21ClN2O/c1-5-10(2)11(3)18-12-7-6-8-13(19-4)15(12)17-14(18)9-16/h6-8,10-11H,5,9H2,1-4H3. The molecule has 0 amide bonds. The lowest BCUT2D eigenvalue weighted by atomic mass is 10.0. The van der Waals surface area contributed by atoms with E-state index in [2.05, 4.69) is 36.4 Å². The molecular weight excluding hydrogens is 260 g/mol. The molecule has 0 saturated carbocycles. The number of rotatable bonds is 5. The zero-order chi connectivity index (χ0) is 14.0. The summed E-state index contributed by atoms with van der Waals surface area (Å²) in [5.74, 6) is 2.71. The maximum Gasteiger partial charge on any atom is 0.146 e. The molecule has 0 aliphatic carbocycles. The molecule has 0 radical (unpaired) electrons. The molecule has 2 aromatic rings. The Hall–Kier alpha value is -1.22. The van der Waals surface area contributed by atoms with Gasteiger partial charge < -0.3 is 9.30 Å². The summed E-state index contributed by atoms with van der Waals surface area (Å²) in [7, 11) is 1.67. The third-order valence-electron chi connectivity index (χ3n) is 3.97. The predicted molar refractivity (Wildman–Crippen MR) is 80.0 cm³/mol. The van der Waals surface area contributed by atoms with E-state index in [-0.39, 0.29) is 0 Å². The van der Waals surface area contributed by atoms with Crippen LogP contribution in [0.25, 0.3) is 11.0 Å². The van der Waals surface area contributed by atoms with Gasteiger partial charge in [0.05, 0.1) is 18.5 Å². The minimum atomic E-state index is 0.371. The first-order valence-electron chi connectivity index (χ1n) is 6.73. The molecule has 0 bridgehead atoms. The van der Waals surface area contributed by atoms with E-state index in [1.807, 2.05) is 12.1 Å². The van der Waals surface area contributed by atoms with Crippen LogP contribution in [0.3, 0.4) is 0 Å². The van der Waals surface area contributed by atoms with E-state index in [0.29, 0.717) is 17.8 Å². The molecule has 1 aromatic heterocycles. The number of nitrogens with zero attached hydrogens (tertiary/aromatic N) is 2. The Labute approximate surface area is 119 Å². The third-order valence-corrected chi connectivity index (χ3v) is 4.21. The number of halogens is 1. The topological polar surface area (TPSA) is 27.1 Å². The molecule has 0 aliphatic rings. The summed E-state index contributed by atoms with van der Waals surface area (Å²) in [4.78, 5) is 4.65. The van der Waals surface area contributed by atoms with Crippen molar-refractivity contribution >= 4 is 22.6 Å². The van der Waals surface area contributed by atoms with Gasteiger partial charge in [-0.15, -0.1) is 11.6 Å². The fourth-order valence-corrected chi connectivity index (χ4v) is 2.64. The van der Waals surface area contributed by atoms with E-state index in [0.717, 1.165) is 29.0 Å². The van der Waals surface area contributed by atoms with Crippen molar-refractivity contribution in [2.24, 2.45) is 5.92 Å². The van der Waals surface area contributed by atoms with Crippen molar-refractivity contribution in [1.29, 1.82) is 0 Å². The van der Waals surface area contributed by atoms with Crippen LogP contribution >= 0.6 is 11.6 Å². The average molecular weight is 281 g/mol. The first-order valence-corrected chi connectivity index (χ1v) is 7.27. The monoisotopic (exact) mass is 280 g/mol. The van der Waals surface area contributed by atoms with Crippen molar-refractivity contribution in [2.75, 3.05) is 7.11 Å². The molecule has 2 unspecified atom stereocenters. The van der Waals surface area contributed by atoms with Gasteiger partial charge in [0.15, 0.2) is 0 Å². The number of benzene rings is 1. The minimum absolute atomic E-state index is 0.371. The van der Waals surface area contributed by atoms with Gasteiger partial charge in [0.25, 0.3) is 0 Å². The van der Waals surface area contributed by atoms with Crippen molar-refractivity contribution in [3.8, 4) is 5.75 Å². The maximum absolute atomic E-state index is 6.07. The van der Waals surface area contributed by atoms with Crippen LogP contribution in [0.15, 0.2) is 18.2 Å². The molecule has 1 heterocycles. The van der Waals surface area contributed by atoms with Crippen molar-refractivity contribution < 1.29 is 4.74 Å². The Balaban J connectivity index is 2.64. The molecule has 2 atom stereocenters. The molecule has 0 aliphatic heterocycles. The first kappa shape index (κ1) is 14.2. The molecule has 0 fully saturated rings. The summed E-state index contributed by atoms with van der Waals surface area (Å²) in [5.41, 5.74) is 2.00. The highest BCUT2D eigenvalue weighted by molar-refractivity contribution is 6.16. The van der Waals surface area contributed by atoms with Gasteiger partial charge >= 0.3 is 0 Å². The van der Waals surface area contributed by atoms with E-state index in [1.54, 1.807) is 7.11 Å². The largest absolute Gasteiger partial charge is 0.494 e. The molecule has 0 N–H and O–H groups in total. The van der Waals surface area contributed by atoms with Gasteiger partial charge in [0, 0.05) is 6.04 Å². The van der Waals surface area contributed by atoms with Crippen LogP contribution in [0.5, 0.6) is 5.75 Å². The van der Waals surface area contributed by atoms with Gasteiger partial charge in [0.2, 0.25) is 0 Å². The Kier molecular flexibility index (Phi) is 4.35. The van der Waals surface area contributed by atoms with E-state index < -0.39 is 0 Å². The third kappa shape index (κ3) is 2.44. The quantitative estimate of drug-likeness (QED) is 0.760. The van der Waals surface area contributed by atoms with Gasteiger partial charge in [-0.25, -0.2) is 4.98 Å². The highest BCUT2D eigenvalue weighted by Gasteiger charge is 2.20. The second kappa shape index (κ2) is 5.83. The number of hydrogen-bond acceptors (Lipinski definition) is 2. The van der Waals surface area contributed by atoms with Gasteiger partial charge in [-0.1, -0.05) is 26.3 Å². The number of methoxy groups -OCH3 is 1. The second-order valence-electron chi connectivity index (χ2n) is 4.99. The molecular formula is C15H21ClN2O. The van der Waals surface area contributed by atoms with Crippen LogP contribution in [0.1, 0.15) is 39.1 Å². The molecule has 19 heavy (non-hydrogen) atoms. The van der Waals surface area contributed by atoms with E-state index in [4.69, 9.17) is 16.3 Å². The lowest BCUT2D eigenvalue weighted by molar-refractivity contribution is 0.371. The Morgan fingerprint density at radius 1 is 1.37 bits per heavy atom. The van der Waals surface area contributed by atoms with Gasteiger partial charge in [-0.3, -0.25) is 0 Å². The van der Waals surface area contributed by atoms with E-state index in [9.17, 15) is 0 Å². The molecule has 104 valence electrons. The fraction of sp³-hybridized carbons (Fsp3) is 0.533. The molecule has 1 aromatic carbocycles. The Bertz CT molecular complexity index is 565. The number of alkyl halides is 1.